The highest BCUT2D eigenvalue weighted by atomic mass is 16.5. The second kappa shape index (κ2) is 7.71. The second-order valence-electron chi connectivity index (χ2n) is 8.03. The van der Waals surface area contributed by atoms with Gasteiger partial charge >= 0.3 is 0 Å². The molecule has 0 aromatic carbocycles. The quantitative estimate of drug-likeness (QED) is 0.852. The van der Waals surface area contributed by atoms with Crippen LogP contribution in [0.2, 0.25) is 0 Å². The van der Waals surface area contributed by atoms with E-state index in [0.29, 0.717) is 5.91 Å². The predicted octanol–water partition coefficient (Wildman–Crippen LogP) is 2.03. The minimum Gasteiger partial charge on any atom is -0.396 e. The summed E-state index contributed by atoms with van der Waals surface area (Å²) in [6, 6.07) is 0. The molecule has 0 aromatic heterocycles. The lowest BCUT2D eigenvalue weighted by Gasteiger charge is -2.51. The summed E-state index contributed by atoms with van der Waals surface area (Å²) in [6.07, 6.45) is 8.51. The molecule has 3 aliphatic rings. The summed E-state index contributed by atoms with van der Waals surface area (Å²) >= 11 is 0. The number of piperidine rings is 1. The number of aliphatic hydroxyl groups excluding tert-OH is 1. The smallest absolute Gasteiger partial charge is 0.243 e. The molecule has 2 heterocycles. The number of aliphatic hydroxyl groups is 1. The first-order valence-corrected chi connectivity index (χ1v) is 9.89. The number of hydrogen-bond donors (Lipinski definition) is 1. The third kappa shape index (κ3) is 3.35. The van der Waals surface area contributed by atoms with Crippen molar-refractivity contribution in [2.24, 2.45) is 5.41 Å². The van der Waals surface area contributed by atoms with Gasteiger partial charge in [-0.25, -0.2) is 0 Å². The van der Waals surface area contributed by atoms with Crippen LogP contribution in [0.1, 0.15) is 58.3 Å². The van der Waals surface area contributed by atoms with Crippen molar-refractivity contribution in [2.45, 2.75) is 63.8 Å². The third-order valence-electron chi connectivity index (χ3n) is 6.73. The maximum Gasteiger partial charge on any atom is 0.243 e. The SMILES string of the molecule is CC[C@]1(CO)CCCN(C(=O)C2(N3CCOCC3)CCCCC2)C1. The Morgan fingerprint density at radius 2 is 1.75 bits per heavy atom. The molecule has 1 aliphatic carbocycles. The monoisotopic (exact) mass is 338 g/mol. The Labute approximate surface area is 146 Å². The highest BCUT2D eigenvalue weighted by Gasteiger charge is 2.48. The van der Waals surface area contributed by atoms with Gasteiger partial charge in [-0.1, -0.05) is 26.2 Å². The van der Waals surface area contributed by atoms with E-state index >= 15 is 0 Å². The van der Waals surface area contributed by atoms with E-state index in [0.717, 1.165) is 84.3 Å². The molecule has 0 unspecified atom stereocenters. The molecule has 1 saturated carbocycles. The van der Waals surface area contributed by atoms with Gasteiger partial charge in [0.1, 0.15) is 5.54 Å². The van der Waals surface area contributed by atoms with Gasteiger partial charge in [0.2, 0.25) is 5.91 Å². The van der Waals surface area contributed by atoms with Crippen molar-refractivity contribution in [1.82, 2.24) is 9.80 Å². The summed E-state index contributed by atoms with van der Waals surface area (Å²) in [7, 11) is 0. The summed E-state index contributed by atoms with van der Waals surface area (Å²) in [6.45, 7) is 7.14. The lowest BCUT2D eigenvalue weighted by Crippen LogP contribution is -2.64. The van der Waals surface area contributed by atoms with Crippen molar-refractivity contribution < 1.29 is 14.6 Å². The number of carbonyl (C=O) groups is 1. The van der Waals surface area contributed by atoms with E-state index in [2.05, 4.69) is 16.7 Å². The van der Waals surface area contributed by atoms with Gasteiger partial charge in [-0.15, -0.1) is 0 Å². The predicted molar refractivity (Wildman–Crippen MR) is 93.8 cm³/mol. The Kier molecular flexibility index (Phi) is 5.83. The van der Waals surface area contributed by atoms with Gasteiger partial charge in [0, 0.05) is 31.6 Å². The molecule has 0 radical (unpaired) electrons. The van der Waals surface area contributed by atoms with Crippen molar-refractivity contribution in [3.8, 4) is 0 Å². The van der Waals surface area contributed by atoms with Crippen LogP contribution in [-0.2, 0) is 9.53 Å². The van der Waals surface area contributed by atoms with Crippen molar-refractivity contribution in [3.63, 3.8) is 0 Å². The van der Waals surface area contributed by atoms with E-state index in [4.69, 9.17) is 4.74 Å². The van der Waals surface area contributed by atoms with E-state index < -0.39 is 0 Å². The number of hydrogen-bond acceptors (Lipinski definition) is 4. The topological polar surface area (TPSA) is 53.0 Å². The van der Waals surface area contributed by atoms with E-state index in [1.54, 1.807) is 0 Å². The fraction of sp³-hybridized carbons (Fsp3) is 0.947. The van der Waals surface area contributed by atoms with Crippen LogP contribution < -0.4 is 0 Å². The highest BCUT2D eigenvalue weighted by Crippen LogP contribution is 2.39. The van der Waals surface area contributed by atoms with Crippen molar-refractivity contribution in [2.75, 3.05) is 46.0 Å². The minimum absolute atomic E-state index is 0.0885. The van der Waals surface area contributed by atoms with Crippen LogP contribution in [0.25, 0.3) is 0 Å². The average molecular weight is 338 g/mol. The number of carbonyl (C=O) groups excluding carboxylic acids is 1. The Balaban J connectivity index is 1.80. The van der Waals surface area contributed by atoms with Gasteiger partial charge < -0.3 is 14.7 Å². The van der Waals surface area contributed by atoms with Crippen LogP contribution in [0, 0.1) is 5.41 Å². The summed E-state index contributed by atoms with van der Waals surface area (Å²) in [5.41, 5.74) is -0.400. The molecule has 138 valence electrons. The molecule has 2 aliphatic heterocycles. The molecule has 24 heavy (non-hydrogen) atoms. The molecule has 1 N–H and O–H groups in total. The fourth-order valence-electron chi connectivity index (χ4n) is 5.00. The van der Waals surface area contributed by atoms with Gasteiger partial charge in [0.15, 0.2) is 0 Å². The number of nitrogens with zero attached hydrogens (tertiary/aromatic N) is 2. The van der Waals surface area contributed by atoms with Gasteiger partial charge in [0.25, 0.3) is 0 Å². The van der Waals surface area contributed by atoms with Crippen LogP contribution in [0.5, 0.6) is 0 Å². The van der Waals surface area contributed by atoms with E-state index in [-0.39, 0.29) is 17.6 Å². The molecule has 2 saturated heterocycles. The number of amides is 1. The first kappa shape index (κ1) is 18.2. The maximum absolute atomic E-state index is 13.7. The van der Waals surface area contributed by atoms with Crippen LogP contribution in [0.3, 0.4) is 0 Å². The zero-order chi connectivity index (χ0) is 17.0. The van der Waals surface area contributed by atoms with E-state index in [1.807, 2.05) is 0 Å². The standard InChI is InChI=1S/C19H34N2O3/c1-2-18(16-22)7-6-10-20(15-18)17(23)19(8-4-3-5-9-19)21-11-13-24-14-12-21/h22H,2-16H2,1H3/t18-/m0/s1. The highest BCUT2D eigenvalue weighted by molar-refractivity contribution is 5.86. The largest absolute Gasteiger partial charge is 0.396 e. The molecule has 3 rings (SSSR count). The van der Waals surface area contributed by atoms with Crippen LogP contribution in [0.15, 0.2) is 0 Å². The molecule has 0 bridgehead atoms. The van der Waals surface area contributed by atoms with Gasteiger partial charge in [-0.3, -0.25) is 9.69 Å². The second-order valence-corrected chi connectivity index (χ2v) is 8.03. The summed E-state index contributed by atoms with van der Waals surface area (Å²) in [5.74, 6) is 0.329. The fourth-order valence-corrected chi connectivity index (χ4v) is 5.00. The summed E-state index contributed by atoms with van der Waals surface area (Å²) in [5, 5.41) is 9.90. The van der Waals surface area contributed by atoms with Crippen molar-refractivity contribution >= 4 is 5.91 Å². The lowest BCUT2D eigenvalue weighted by atomic mass is 9.75. The van der Waals surface area contributed by atoms with Gasteiger partial charge in [-0.2, -0.15) is 0 Å². The first-order valence-electron chi connectivity index (χ1n) is 9.89. The number of likely N-dealkylation sites (tertiary alicyclic amines) is 1. The van der Waals surface area contributed by atoms with Crippen LogP contribution >= 0.6 is 0 Å². The molecular formula is C19H34N2O3. The number of ether oxygens (including phenoxy) is 1. The van der Waals surface area contributed by atoms with E-state index in [9.17, 15) is 9.90 Å². The van der Waals surface area contributed by atoms with Gasteiger partial charge in [0.05, 0.1) is 19.8 Å². The Hall–Kier alpha value is -0.650. The summed E-state index contributed by atoms with van der Waals surface area (Å²) in [4.78, 5) is 18.2. The Morgan fingerprint density at radius 1 is 1.04 bits per heavy atom. The zero-order valence-electron chi connectivity index (χ0n) is 15.3. The minimum atomic E-state index is -0.311. The molecule has 0 aromatic rings. The van der Waals surface area contributed by atoms with Gasteiger partial charge in [-0.05, 0) is 32.1 Å². The van der Waals surface area contributed by atoms with Crippen molar-refractivity contribution in [3.05, 3.63) is 0 Å². The molecule has 0 spiro atoms. The zero-order valence-corrected chi connectivity index (χ0v) is 15.3. The molecule has 1 amide bonds. The normalized spacial score (nSPS) is 31.8. The molecule has 1 atom stereocenters. The lowest BCUT2D eigenvalue weighted by molar-refractivity contribution is -0.155. The third-order valence-corrected chi connectivity index (χ3v) is 6.73. The first-order chi connectivity index (χ1) is 11.7. The molecule has 5 nitrogen and oxygen atoms in total. The van der Waals surface area contributed by atoms with Crippen molar-refractivity contribution in [1.29, 1.82) is 0 Å². The summed E-state index contributed by atoms with van der Waals surface area (Å²) < 4.78 is 5.53. The average Bonchev–Trinajstić information content (AvgIpc) is 2.68. The number of morpholine rings is 1. The molecular weight excluding hydrogens is 304 g/mol. The van der Waals surface area contributed by atoms with E-state index in [1.165, 1.54) is 6.42 Å². The van der Waals surface area contributed by atoms with Crippen LogP contribution in [-0.4, -0.2) is 72.4 Å². The number of rotatable bonds is 4. The Morgan fingerprint density at radius 3 is 2.38 bits per heavy atom. The maximum atomic E-state index is 13.7. The molecule has 5 heteroatoms. The van der Waals surface area contributed by atoms with Crippen LogP contribution in [0.4, 0.5) is 0 Å². The molecule has 3 fully saturated rings. The Bertz CT molecular complexity index is 424.